The van der Waals surface area contributed by atoms with Crippen LogP contribution in [0.25, 0.3) is 0 Å². The van der Waals surface area contributed by atoms with Crippen LogP contribution >= 0.6 is 0 Å². The molecule has 0 fully saturated rings. The van der Waals surface area contributed by atoms with Crippen molar-refractivity contribution < 1.29 is 19.7 Å². The lowest BCUT2D eigenvalue weighted by Crippen LogP contribution is -2.18. The van der Waals surface area contributed by atoms with Crippen molar-refractivity contribution in [2.24, 2.45) is 5.41 Å². The van der Waals surface area contributed by atoms with Crippen LogP contribution in [-0.2, 0) is 14.6 Å². The van der Waals surface area contributed by atoms with E-state index in [1.165, 1.54) is 38.5 Å². The second-order valence-electron chi connectivity index (χ2n) is 6.32. The Hall–Kier alpha value is -0.610. The van der Waals surface area contributed by atoms with Gasteiger partial charge in [-0.3, -0.25) is 4.79 Å². The molecule has 0 radical (unpaired) electrons. The number of unbranched alkanes of at least 4 members (excludes halogenated alkanes) is 6. The van der Waals surface area contributed by atoms with Crippen LogP contribution in [0, 0.1) is 5.41 Å². The Labute approximate surface area is 131 Å². The van der Waals surface area contributed by atoms with Crippen molar-refractivity contribution in [1.82, 2.24) is 0 Å². The molecule has 0 aliphatic heterocycles. The van der Waals surface area contributed by atoms with Crippen molar-refractivity contribution in [2.45, 2.75) is 86.0 Å². The van der Waals surface area contributed by atoms with E-state index in [1.807, 2.05) is 0 Å². The van der Waals surface area contributed by atoms with Gasteiger partial charge in [-0.05, 0) is 33.6 Å². The molecule has 0 unspecified atom stereocenters. The van der Waals surface area contributed by atoms with Crippen molar-refractivity contribution in [3.63, 3.8) is 0 Å². The smallest absolute Gasteiger partial charge is 0.308 e. The first-order valence-electron chi connectivity index (χ1n) is 8.34. The van der Waals surface area contributed by atoms with Gasteiger partial charge in [-0.25, -0.2) is 9.78 Å². The van der Waals surface area contributed by atoms with Crippen molar-refractivity contribution >= 4 is 5.97 Å². The van der Waals surface area contributed by atoms with E-state index in [4.69, 9.17) is 14.9 Å². The second-order valence-corrected chi connectivity index (χ2v) is 6.32. The molecule has 21 heavy (non-hydrogen) atoms. The van der Waals surface area contributed by atoms with E-state index in [0.29, 0.717) is 0 Å². The summed E-state index contributed by atoms with van der Waals surface area (Å²) in [6.07, 6.45) is 9.94. The van der Waals surface area contributed by atoms with Crippen LogP contribution in [0.1, 0.15) is 86.0 Å². The summed E-state index contributed by atoms with van der Waals surface area (Å²) in [4.78, 5) is 20.1. The van der Waals surface area contributed by atoms with Gasteiger partial charge >= 0.3 is 5.97 Å². The molecule has 0 heterocycles. The lowest BCUT2D eigenvalue weighted by atomic mass is 9.98. The van der Waals surface area contributed by atoms with Gasteiger partial charge in [-0.2, -0.15) is 0 Å². The number of aliphatic carboxylic acids is 1. The van der Waals surface area contributed by atoms with E-state index in [2.05, 4.69) is 13.8 Å². The van der Waals surface area contributed by atoms with Crippen LogP contribution in [0.4, 0.5) is 0 Å². The standard InChI is InChI=1S/C12H26O2.C5H10O2/c1-3-5-7-9-11-13-14-12-10-8-6-4-2;1-5(2,3)4(6)7/h3-12H2,1-2H3;1-3H3,(H,6,7). The summed E-state index contributed by atoms with van der Waals surface area (Å²) in [6.45, 7) is 10.9. The van der Waals surface area contributed by atoms with Crippen LogP contribution in [0.15, 0.2) is 0 Å². The van der Waals surface area contributed by atoms with Crippen molar-refractivity contribution in [3.8, 4) is 0 Å². The lowest BCUT2D eigenvalue weighted by Gasteiger charge is -2.08. The minimum absolute atomic E-state index is 0.583. The van der Waals surface area contributed by atoms with E-state index in [9.17, 15) is 4.79 Å². The third kappa shape index (κ3) is 21.8. The van der Waals surface area contributed by atoms with Gasteiger partial charge < -0.3 is 5.11 Å². The summed E-state index contributed by atoms with van der Waals surface area (Å²) in [6, 6.07) is 0. The monoisotopic (exact) mass is 304 g/mol. The van der Waals surface area contributed by atoms with Crippen molar-refractivity contribution in [3.05, 3.63) is 0 Å². The number of hydrogen-bond donors (Lipinski definition) is 1. The summed E-state index contributed by atoms with van der Waals surface area (Å²) in [5.74, 6) is -0.757. The fraction of sp³-hybridized carbons (Fsp3) is 0.941. The highest BCUT2D eigenvalue weighted by molar-refractivity contribution is 5.72. The molecule has 0 saturated heterocycles. The van der Waals surface area contributed by atoms with Crippen LogP contribution in [0.3, 0.4) is 0 Å². The number of rotatable bonds is 11. The van der Waals surface area contributed by atoms with Gasteiger partial charge in [0.25, 0.3) is 0 Å². The molecule has 0 amide bonds. The minimum atomic E-state index is -0.757. The molecule has 0 aromatic rings. The van der Waals surface area contributed by atoms with Gasteiger partial charge in [0.2, 0.25) is 0 Å². The fourth-order valence-corrected chi connectivity index (χ4v) is 1.29. The molecule has 4 nitrogen and oxygen atoms in total. The van der Waals surface area contributed by atoms with Crippen LogP contribution in [-0.4, -0.2) is 24.3 Å². The fourth-order valence-electron chi connectivity index (χ4n) is 1.29. The quantitative estimate of drug-likeness (QED) is 0.323. The maximum absolute atomic E-state index is 10.0. The van der Waals surface area contributed by atoms with Crippen molar-refractivity contribution in [1.29, 1.82) is 0 Å². The van der Waals surface area contributed by atoms with Crippen molar-refractivity contribution in [2.75, 3.05) is 13.2 Å². The topological polar surface area (TPSA) is 55.8 Å². The molecule has 0 aliphatic rings. The summed E-state index contributed by atoms with van der Waals surface area (Å²) in [5.41, 5.74) is -0.583. The van der Waals surface area contributed by atoms with E-state index < -0.39 is 11.4 Å². The Kier molecular flexibility index (Phi) is 17.0. The Morgan fingerprint density at radius 2 is 1.14 bits per heavy atom. The van der Waals surface area contributed by atoms with Gasteiger partial charge in [0.15, 0.2) is 0 Å². The highest BCUT2D eigenvalue weighted by atomic mass is 17.2. The predicted molar refractivity (Wildman–Crippen MR) is 87.3 cm³/mol. The SMILES string of the molecule is CC(C)(C)C(=O)O.CCCCCCOOCCCCCC. The zero-order valence-corrected chi connectivity index (χ0v) is 14.7. The first-order chi connectivity index (χ1) is 9.86. The van der Waals surface area contributed by atoms with Crippen LogP contribution in [0.5, 0.6) is 0 Å². The van der Waals surface area contributed by atoms with E-state index >= 15 is 0 Å². The Morgan fingerprint density at radius 3 is 1.38 bits per heavy atom. The predicted octanol–water partition coefficient (Wildman–Crippen LogP) is 5.21. The zero-order chi connectivity index (χ0) is 16.6. The summed E-state index contributed by atoms with van der Waals surface area (Å²) >= 11 is 0. The average molecular weight is 304 g/mol. The maximum Gasteiger partial charge on any atom is 0.308 e. The number of carbonyl (C=O) groups is 1. The molecule has 0 bridgehead atoms. The second kappa shape index (κ2) is 15.8. The third-order valence-electron chi connectivity index (χ3n) is 2.89. The molecular weight excluding hydrogens is 268 g/mol. The molecule has 4 heteroatoms. The Balaban J connectivity index is 0. The molecule has 0 rings (SSSR count). The summed E-state index contributed by atoms with van der Waals surface area (Å²) in [7, 11) is 0. The molecule has 1 N–H and O–H groups in total. The first-order valence-corrected chi connectivity index (χ1v) is 8.34. The van der Waals surface area contributed by atoms with Gasteiger partial charge in [0.1, 0.15) is 0 Å². The van der Waals surface area contributed by atoms with E-state index in [-0.39, 0.29) is 0 Å². The third-order valence-corrected chi connectivity index (χ3v) is 2.89. The highest BCUT2D eigenvalue weighted by Crippen LogP contribution is 2.11. The average Bonchev–Trinajstić information content (AvgIpc) is 2.40. The normalized spacial score (nSPS) is 10.9. The largest absolute Gasteiger partial charge is 0.481 e. The van der Waals surface area contributed by atoms with Gasteiger partial charge in [-0.1, -0.05) is 52.4 Å². The minimum Gasteiger partial charge on any atom is -0.481 e. The van der Waals surface area contributed by atoms with E-state index in [0.717, 1.165) is 26.1 Å². The molecule has 0 aromatic carbocycles. The summed E-state index contributed by atoms with van der Waals surface area (Å²) in [5, 5.41) is 8.25. The zero-order valence-electron chi connectivity index (χ0n) is 14.7. The molecule has 128 valence electrons. The van der Waals surface area contributed by atoms with Gasteiger partial charge in [-0.15, -0.1) is 0 Å². The van der Waals surface area contributed by atoms with Crippen LogP contribution in [0.2, 0.25) is 0 Å². The molecule has 0 aromatic heterocycles. The molecule has 0 aliphatic carbocycles. The molecule has 0 atom stereocenters. The Bertz CT molecular complexity index is 209. The lowest BCUT2D eigenvalue weighted by molar-refractivity contribution is -0.295. The van der Waals surface area contributed by atoms with Gasteiger partial charge in [0.05, 0.1) is 18.6 Å². The summed E-state index contributed by atoms with van der Waals surface area (Å²) < 4.78 is 0. The van der Waals surface area contributed by atoms with Crippen LogP contribution < -0.4 is 0 Å². The first kappa shape index (κ1) is 22.7. The van der Waals surface area contributed by atoms with Gasteiger partial charge in [0, 0.05) is 0 Å². The maximum atomic E-state index is 10.0. The number of hydrogen-bond acceptors (Lipinski definition) is 3. The van der Waals surface area contributed by atoms with E-state index in [1.54, 1.807) is 20.8 Å². The number of carboxylic acids is 1. The number of carboxylic acid groups (broad SMARTS) is 1. The highest BCUT2D eigenvalue weighted by Gasteiger charge is 2.18. The Morgan fingerprint density at radius 1 is 0.810 bits per heavy atom. The molecule has 0 saturated carbocycles. The molecule has 0 spiro atoms. The molecular formula is C17H36O4.